The van der Waals surface area contributed by atoms with E-state index in [0.29, 0.717) is 0 Å². The van der Waals surface area contributed by atoms with E-state index in [0.717, 1.165) is 51.4 Å². The van der Waals surface area contributed by atoms with Crippen molar-refractivity contribution in [2.24, 2.45) is 11.8 Å². The number of carbonyl (C=O) groups excluding carboxylic acids is 2. The fourth-order valence-corrected chi connectivity index (χ4v) is 3.76. The molecule has 0 aromatic heterocycles. The van der Waals surface area contributed by atoms with Crippen LogP contribution in [0.2, 0.25) is 0 Å². The molecule has 2 atom stereocenters. The number of ether oxygens (including phenoxy) is 3. The molecule has 0 saturated heterocycles. The number of esters is 2. The predicted molar refractivity (Wildman–Crippen MR) is 96.5 cm³/mol. The Hall–Kier alpha value is -1.14. The average molecular weight is 370 g/mol. The average Bonchev–Trinajstić information content (AvgIpc) is 2.68. The van der Waals surface area contributed by atoms with Crippen LogP contribution in [0.4, 0.5) is 0 Å². The zero-order valence-corrected chi connectivity index (χ0v) is 16.0. The third kappa shape index (κ3) is 7.23. The van der Waals surface area contributed by atoms with Gasteiger partial charge in [0.1, 0.15) is 12.2 Å². The van der Waals surface area contributed by atoms with E-state index in [1.807, 2.05) is 0 Å². The summed E-state index contributed by atoms with van der Waals surface area (Å²) in [5.41, 5.74) is 0. The smallest absolute Gasteiger partial charge is 0.309 e. The fourth-order valence-electron chi connectivity index (χ4n) is 3.76. The normalized spacial score (nSPS) is 21.8. The molecule has 0 bridgehead atoms. The first-order valence-corrected chi connectivity index (χ1v) is 10.2. The topological polar surface area (TPSA) is 82.1 Å². The molecule has 6 nitrogen and oxygen atoms in total. The zero-order valence-electron chi connectivity index (χ0n) is 16.0. The maximum Gasteiger partial charge on any atom is 0.309 e. The van der Waals surface area contributed by atoms with Crippen LogP contribution >= 0.6 is 0 Å². The van der Waals surface area contributed by atoms with Gasteiger partial charge < -0.3 is 19.3 Å². The highest BCUT2D eigenvalue weighted by Gasteiger charge is 2.26. The van der Waals surface area contributed by atoms with Gasteiger partial charge in [-0.2, -0.15) is 0 Å². The lowest BCUT2D eigenvalue weighted by atomic mass is 9.89. The standard InChI is InChI=1S/C20H34O6/c1-15(25-19(22)16-8-4-2-5-9-16)13-24-14-18(12-21)26-20(23)17-10-6-3-7-11-17/h15-18,21H,2-14H2,1H3. The second kappa shape index (κ2) is 11.5. The number of rotatable bonds is 9. The third-order valence-corrected chi connectivity index (χ3v) is 5.34. The van der Waals surface area contributed by atoms with Gasteiger partial charge in [-0.15, -0.1) is 0 Å². The van der Waals surface area contributed by atoms with Crippen molar-refractivity contribution in [2.45, 2.75) is 83.3 Å². The molecule has 0 radical (unpaired) electrons. The molecule has 2 aliphatic rings. The first kappa shape index (κ1) is 21.2. The summed E-state index contributed by atoms with van der Waals surface area (Å²) in [5, 5.41) is 9.41. The molecule has 6 heteroatoms. The number of aliphatic hydroxyl groups excluding tert-OH is 1. The summed E-state index contributed by atoms with van der Waals surface area (Å²) < 4.78 is 16.3. The molecule has 2 unspecified atom stereocenters. The summed E-state index contributed by atoms with van der Waals surface area (Å²) in [5.74, 6) is -0.395. The van der Waals surface area contributed by atoms with Gasteiger partial charge in [0.15, 0.2) is 0 Å². The predicted octanol–water partition coefficient (Wildman–Crippen LogP) is 3.00. The lowest BCUT2D eigenvalue weighted by molar-refractivity contribution is -0.163. The molecule has 2 fully saturated rings. The van der Waals surface area contributed by atoms with Gasteiger partial charge in [0.25, 0.3) is 0 Å². The lowest BCUT2D eigenvalue weighted by Crippen LogP contribution is -2.33. The highest BCUT2D eigenvalue weighted by molar-refractivity contribution is 5.73. The quantitative estimate of drug-likeness (QED) is 0.628. The molecule has 2 rings (SSSR count). The second-order valence-corrected chi connectivity index (χ2v) is 7.70. The summed E-state index contributed by atoms with van der Waals surface area (Å²) in [6, 6.07) is 0. The summed E-state index contributed by atoms with van der Waals surface area (Å²) >= 11 is 0. The summed E-state index contributed by atoms with van der Waals surface area (Å²) in [6.07, 6.45) is 9.23. The van der Waals surface area contributed by atoms with E-state index in [1.54, 1.807) is 6.92 Å². The lowest BCUT2D eigenvalue weighted by Gasteiger charge is -2.24. The third-order valence-electron chi connectivity index (χ3n) is 5.34. The minimum atomic E-state index is -0.661. The molecule has 2 aliphatic carbocycles. The van der Waals surface area contributed by atoms with Crippen LogP contribution in [0.5, 0.6) is 0 Å². The van der Waals surface area contributed by atoms with Gasteiger partial charge in [0, 0.05) is 0 Å². The number of carbonyl (C=O) groups is 2. The molecule has 0 heterocycles. The molecule has 0 aromatic carbocycles. The van der Waals surface area contributed by atoms with Gasteiger partial charge in [0.2, 0.25) is 0 Å². The fraction of sp³-hybridized carbons (Fsp3) is 0.900. The summed E-state index contributed by atoms with van der Waals surface area (Å²) in [7, 11) is 0. The van der Waals surface area contributed by atoms with E-state index in [2.05, 4.69) is 0 Å². The maximum absolute atomic E-state index is 12.1. The Labute approximate surface area is 156 Å². The van der Waals surface area contributed by atoms with Crippen molar-refractivity contribution in [1.29, 1.82) is 0 Å². The van der Waals surface area contributed by atoms with E-state index in [9.17, 15) is 14.7 Å². The van der Waals surface area contributed by atoms with E-state index in [4.69, 9.17) is 14.2 Å². The number of hydrogen-bond acceptors (Lipinski definition) is 6. The molecule has 1 N–H and O–H groups in total. The van der Waals surface area contributed by atoms with Crippen LogP contribution in [-0.4, -0.2) is 49.1 Å². The van der Waals surface area contributed by atoms with Gasteiger partial charge in [-0.1, -0.05) is 38.5 Å². The van der Waals surface area contributed by atoms with Gasteiger partial charge in [-0.3, -0.25) is 9.59 Å². The van der Waals surface area contributed by atoms with E-state index >= 15 is 0 Å². The molecule has 0 amide bonds. The van der Waals surface area contributed by atoms with Crippen molar-refractivity contribution in [3.63, 3.8) is 0 Å². The van der Waals surface area contributed by atoms with Gasteiger partial charge >= 0.3 is 11.9 Å². The van der Waals surface area contributed by atoms with Crippen molar-refractivity contribution in [2.75, 3.05) is 19.8 Å². The van der Waals surface area contributed by atoms with Crippen molar-refractivity contribution in [3.05, 3.63) is 0 Å². The van der Waals surface area contributed by atoms with Crippen LogP contribution in [0.25, 0.3) is 0 Å². The Morgan fingerprint density at radius 1 is 0.846 bits per heavy atom. The maximum atomic E-state index is 12.1. The Bertz CT molecular complexity index is 426. The van der Waals surface area contributed by atoms with Crippen LogP contribution in [0.3, 0.4) is 0 Å². The Kier molecular flexibility index (Phi) is 9.40. The first-order chi connectivity index (χ1) is 12.6. The molecule has 150 valence electrons. The minimum Gasteiger partial charge on any atom is -0.460 e. The highest BCUT2D eigenvalue weighted by Crippen LogP contribution is 2.26. The SMILES string of the molecule is CC(COCC(CO)OC(=O)C1CCCCC1)OC(=O)C1CCCCC1. The molecule has 2 saturated carbocycles. The molecule has 26 heavy (non-hydrogen) atoms. The van der Waals surface area contributed by atoms with Crippen molar-refractivity contribution < 1.29 is 28.9 Å². The Morgan fingerprint density at radius 2 is 1.35 bits per heavy atom. The molecule has 0 spiro atoms. The second-order valence-electron chi connectivity index (χ2n) is 7.70. The zero-order chi connectivity index (χ0) is 18.8. The van der Waals surface area contributed by atoms with Crippen LogP contribution in [0.15, 0.2) is 0 Å². The van der Waals surface area contributed by atoms with Crippen molar-refractivity contribution in [3.8, 4) is 0 Å². The number of aliphatic hydroxyl groups is 1. The summed E-state index contributed by atoms with van der Waals surface area (Å²) in [6.45, 7) is 1.87. The van der Waals surface area contributed by atoms with E-state index < -0.39 is 6.10 Å². The summed E-state index contributed by atoms with van der Waals surface area (Å²) in [4.78, 5) is 24.2. The highest BCUT2D eigenvalue weighted by atomic mass is 16.6. The van der Waals surface area contributed by atoms with Crippen LogP contribution in [0, 0.1) is 11.8 Å². The monoisotopic (exact) mass is 370 g/mol. The Morgan fingerprint density at radius 3 is 1.85 bits per heavy atom. The van der Waals surface area contributed by atoms with Crippen LogP contribution < -0.4 is 0 Å². The molecule has 0 aromatic rings. The van der Waals surface area contributed by atoms with Gasteiger partial charge in [-0.05, 0) is 32.6 Å². The van der Waals surface area contributed by atoms with Crippen LogP contribution in [-0.2, 0) is 23.8 Å². The van der Waals surface area contributed by atoms with Gasteiger partial charge in [-0.25, -0.2) is 0 Å². The molecular formula is C20H34O6. The van der Waals surface area contributed by atoms with E-state index in [1.165, 1.54) is 12.8 Å². The molecule has 0 aliphatic heterocycles. The largest absolute Gasteiger partial charge is 0.460 e. The van der Waals surface area contributed by atoms with Gasteiger partial charge in [0.05, 0.1) is 31.7 Å². The van der Waals surface area contributed by atoms with Crippen LogP contribution in [0.1, 0.15) is 71.1 Å². The molecular weight excluding hydrogens is 336 g/mol. The first-order valence-electron chi connectivity index (χ1n) is 10.2. The van der Waals surface area contributed by atoms with Crippen molar-refractivity contribution >= 4 is 11.9 Å². The number of hydrogen-bond donors (Lipinski definition) is 1. The van der Waals surface area contributed by atoms with E-state index in [-0.39, 0.29) is 49.7 Å². The minimum absolute atomic E-state index is 0.0211. The Balaban J connectivity index is 1.62. The van der Waals surface area contributed by atoms with Crippen molar-refractivity contribution in [1.82, 2.24) is 0 Å².